The molecule has 1 rings (SSSR count). The Hall–Kier alpha value is -3.31. The predicted octanol–water partition coefficient (Wildman–Crippen LogP) is 0.955. The van der Waals surface area contributed by atoms with E-state index in [4.69, 9.17) is 5.73 Å². The molecule has 12 heteroatoms. The molecular weight excluding hydrogens is 395 g/mol. The van der Waals surface area contributed by atoms with Crippen molar-refractivity contribution in [3.8, 4) is 0 Å². The molecule has 1 aromatic carbocycles. The summed E-state index contributed by atoms with van der Waals surface area (Å²) in [5.74, 6) is -2.60. The molecule has 6 N–H and O–H groups in total. The van der Waals surface area contributed by atoms with Crippen LogP contribution in [-0.2, 0) is 15.8 Å². The van der Waals surface area contributed by atoms with Gasteiger partial charge in [0.05, 0.1) is 23.4 Å². The van der Waals surface area contributed by atoms with Gasteiger partial charge in [-0.25, -0.2) is 4.79 Å². The lowest BCUT2D eigenvalue weighted by molar-refractivity contribution is -0.137. The molecule has 5 amide bonds. The number of rotatable bonds is 7. The van der Waals surface area contributed by atoms with Crippen molar-refractivity contribution in [3.63, 3.8) is 0 Å². The summed E-state index contributed by atoms with van der Waals surface area (Å²) in [6.45, 7) is 4.05. The number of amides is 5. The fourth-order valence-electron chi connectivity index (χ4n) is 2.06. The third-order valence-electron chi connectivity index (χ3n) is 3.47. The number of nitrogens with one attached hydrogen (secondary N) is 4. The van der Waals surface area contributed by atoms with E-state index >= 15 is 0 Å². The monoisotopic (exact) mass is 417 g/mol. The van der Waals surface area contributed by atoms with Crippen LogP contribution >= 0.6 is 0 Å². The minimum Gasteiger partial charge on any atom is -0.368 e. The van der Waals surface area contributed by atoms with Crippen molar-refractivity contribution in [1.82, 2.24) is 16.0 Å². The van der Waals surface area contributed by atoms with Crippen LogP contribution in [0.1, 0.15) is 36.7 Å². The Morgan fingerprint density at radius 3 is 2.21 bits per heavy atom. The van der Waals surface area contributed by atoms with Crippen molar-refractivity contribution >= 4 is 29.4 Å². The lowest BCUT2D eigenvalue weighted by Gasteiger charge is -2.16. The molecule has 0 saturated carbocycles. The Balaban J connectivity index is 3.01. The third kappa shape index (κ3) is 7.68. The summed E-state index contributed by atoms with van der Waals surface area (Å²) in [5, 5.41) is 9.11. The van der Waals surface area contributed by atoms with Crippen LogP contribution in [0, 0.1) is 0 Å². The summed E-state index contributed by atoms with van der Waals surface area (Å²) in [5.41, 5.74) is 3.22. The molecule has 0 spiro atoms. The van der Waals surface area contributed by atoms with Crippen molar-refractivity contribution < 1.29 is 32.3 Å². The number of benzene rings is 1. The Bertz CT molecular complexity index is 796. The first-order valence-electron chi connectivity index (χ1n) is 8.47. The number of carbonyl (C=O) groups is 4. The molecule has 0 bridgehead atoms. The van der Waals surface area contributed by atoms with Crippen molar-refractivity contribution in [1.29, 1.82) is 0 Å². The fraction of sp³-hybridized carbons (Fsp3) is 0.412. The lowest BCUT2D eigenvalue weighted by atomic mass is 10.1. The summed E-state index contributed by atoms with van der Waals surface area (Å²) in [4.78, 5) is 46.8. The predicted molar refractivity (Wildman–Crippen MR) is 97.9 cm³/mol. The van der Waals surface area contributed by atoms with Crippen LogP contribution in [0.25, 0.3) is 0 Å². The minimum atomic E-state index is -4.72. The second-order valence-corrected chi connectivity index (χ2v) is 6.39. The maximum Gasteiger partial charge on any atom is 0.416 e. The van der Waals surface area contributed by atoms with Crippen molar-refractivity contribution in [2.45, 2.75) is 39.0 Å². The van der Waals surface area contributed by atoms with Gasteiger partial charge < -0.3 is 27.0 Å². The Labute approximate surface area is 164 Å². The number of nitrogens with two attached hydrogens (primary N) is 1. The van der Waals surface area contributed by atoms with Gasteiger partial charge in [0.1, 0.15) is 6.04 Å². The summed E-state index contributed by atoms with van der Waals surface area (Å²) in [7, 11) is 0. The van der Waals surface area contributed by atoms with E-state index < -0.39 is 53.6 Å². The highest BCUT2D eigenvalue weighted by Gasteiger charge is 2.32. The summed E-state index contributed by atoms with van der Waals surface area (Å²) in [6.07, 6.45) is -4.72. The number of anilines is 1. The molecule has 0 radical (unpaired) electrons. The Morgan fingerprint density at radius 2 is 1.69 bits per heavy atom. The lowest BCUT2D eigenvalue weighted by Crippen LogP contribution is -2.46. The minimum absolute atomic E-state index is 0.181. The third-order valence-corrected chi connectivity index (χ3v) is 3.47. The van der Waals surface area contributed by atoms with Crippen LogP contribution in [0.5, 0.6) is 0 Å². The quantitative estimate of drug-likeness (QED) is 0.450. The average Bonchev–Trinajstić information content (AvgIpc) is 2.58. The Morgan fingerprint density at radius 1 is 1.07 bits per heavy atom. The van der Waals surface area contributed by atoms with Crippen LogP contribution in [0.2, 0.25) is 0 Å². The maximum absolute atomic E-state index is 13.0. The number of hydrogen-bond acceptors (Lipinski definition) is 4. The normalized spacial score (nSPS) is 12.1. The number of primary amides is 1. The number of urea groups is 1. The fourth-order valence-corrected chi connectivity index (χ4v) is 2.06. The molecule has 1 aromatic rings. The van der Waals surface area contributed by atoms with Gasteiger partial charge in [0.15, 0.2) is 0 Å². The number of halogens is 3. The van der Waals surface area contributed by atoms with Gasteiger partial charge >= 0.3 is 12.2 Å². The first kappa shape index (κ1) is 23.7. The van der Waals surface area contributed by atoms with Gasteiger partial charge in [-0.2, -0.15) is 13.2 Å². The molecule has 160 valence electrons. The van der Waals surface area contributed by atoms with Crippen molar-refractivity contribution in [2.75, 3.05) is 11.9 Å². The molecular formula is C17H22F3N5O4. The molecule has 1 atom stereocenters. The van der Waals surface area contributed by atoms with Gasteiger partial charge in [0.2, 0.25) is 11.8 Å². The van der Waals surface area contributed by atoms with Crippen LogP contribution in [0.4, 0.5) is 23.7 Å². The van der Waals surface area contributed by atoms with E-state index in [2.05, 4.69) is 21.3 Å². The van der Waals surface area contributed by atoms with Gasteiger partial charge in [0, 0.05) is 6.04 Å². The van der Waals surface area contributed by atoms with Gasteiger partial charge in [-0.1, -0.05) is 0 Å². The molecule has 0 saturated heterocycles. The van der Waals surface area contributed by atoms with Crippen LogP contribution in [-0.4, -0.2) is 42.4 Å². The standard InChI is InChI=1S/C17H22F3N5O4/c1-8(2)23-16(29)25-12-5-4-10(17(18,19)20)6-11(12)15(28)22-7-13(26)24-9(3)14(21)27/h4-6,8-9H,7H2,1-3H3,(H2,21,27)(H,22,28)(H,24,26)(H2,23,25,29). The zero-order chi connectivity index (χ0) is 22.4. The number of hydrogen-bond donors (Lipinski definition) is 5. The van der Waals surface area contributed by atoms with E-state index in [1.165, 1.54) is 6.92 Å². The molecule has 0 aliphatic heterocycles. The molecule has 29 heavy (non-hydrogen) atoms. The molecule has 0 aliphatic carbocycles. The SMILES string of the molecule is CC(C)NC(=O)Nc1ccc(C(F)(F)F)cc1C(=O)NCC(=O)NC(C)C(N)=O. The van der Waals surface area contributed by atoms with E-state index in [1.54, 1.807) is 13.8 Å². The summed E-state index contributed by atoms with van der Waals surface area (Å²) in [6, 6.07) is 0.240. The van der Waals surface area contributed by atoms with Crippen molar-refractivity contribution in [2.24, 2.45) is 5.73 Å². The largest absolute Gasteiger partial charge is 0.416 e. The highest BCUT2D eigenvalue weighted by molar-refractivity contribution is 6.04. The van der Waals surface area contributed by atoms with E-state index in [-0.39, 0.29) is 11.7 Å². The maximum atomic E-state index is 13.0. The smallest absolute Gasteiger partial charge is 0.368 e. The average molecular weight is 417 g/mol. The second kappa shape index (κ2) is 9.75. The van der Waals surface area contributed by atoms with Crippen LogP contribution < -0.4 is 27.0 Å². The number of carbonyl (C=O) groups excluding carboxylic acids is 4. The summed E-state index contributed by atoms with van der Waals surface area (Å²) >= 11 is 0. The van der Waals surface area contributed by atoms with E-state index in [1.807, 2.05) is 0 Å². The first-order chi connectivity index (χ1) is 13.3. The van der Waals surface area contributed by atoms with Gasteiger partial charge in [0.25, 0.3) is 5.91 Å². The summed E-state index contributed by atoms with van der Waals surface area (Å²) < 4.78 is 39.0. The van der Waals surface area contributed by atoms with Crippen molar-refractivity contribution in [3.05, 3.63) is 29.3 Å². The zero-order valence-corrected chi connectivity index (χ0v) is 15.9. The highest BCUT2D eigenvalue weighted by atomic mass is 19.4. The molecule has 0 heterocycles. The van der Waals surface area contributed by atoms with E-state index in [0.717, 1.165) is 6.07 Å². The van der Waals surface area contributed by atoms with E-state index in [0.29, 0.717) is 12.1 Å². The number of alkyl halides is 3. The Kier molecular flexibility index (Phi) is 7.98. The van der Waals surface area contributed by atoms with Crippen LogP contribution in [0.15, 0.2) is 18.2 Å². The first-order valence-corrected chi connectivity index (χ1v) is 8.47. The van der Waals surface area contributed by atoms with Gasteiger partial charge in [-0.3, -0.25) is 14.4 Å². The van der Waals surface area contributed by atoms with Gasteiger partial charge in [-0.15, -0.1) is 0 Å². The topological polar surface area (TPSA) is 142 Å². The second-order valence-electron chi connectivity index (χ2n) is 6.39. The van der Waals surface area contributed by atoms with E-state index in [9.17, 15) is 32.3 Å². The molecule has 0 fully saturated rings. The zero-order valence-electron chi connectivity index (χ0n) is 15.9. The highest BCUT2D eigenvalue weighted by Crippen LogP contribution is 2.31. The van der Waals surface area contributed by atoms with Gasteiger partial charge in [-0.05, 0) is 39.0 Å². The molecule has 0 aromatic heterocycles. The molecule has 0 aliphatic rings. The molecule has 9 nitrogen and oxygen atoms in total. The molecule has 1 unspecified atom stereocenters. The van der Waals surface area contributed by atoms with Crippen LogP contribution in [0.3, 0.4) is 0 Å².